The molecule has 8 rings (SSSR count). The van der Waals surface area contributed by atoms with Crippen molar-refractivity contribution >= 4 is 32.9 Å². The van der Waals surface area contributed by atoms with E-state index in [0.29, 0.717) is 0 Å². The molecule has 0 saturated heterocycles. The van der Waals surface area contributed by atoms with Crippen molar-refractivity contribution in [2.24, 2.45) is 0 Å². The molecule has 1 heteroatoms. The Balaban J connectivity index is 1.17. The van der Waals surface area contributed by atoms with Crippen molar-refractivity contribution in [3.05, 3.63) is 156 Å². The highest BCUT2D eigenvalue weighted by atomic mass is 15.1. The van der Waals surface area contributed by atoms with Gasteiger partial charge in [0.25, 0.3) is 0 Å². The minimum Gasteiger partial charge on any atom is -0.345 e. The number of aryl methyl sites for hydroxylation is 1. The summed E-state index contributed by atoms with van der Waals surface area (Å²) in [5.74, 6) is 0. The van der Waals surface area contributed by atoms with Crippen molar-refractivity contribution in [3.8, 4) is 33.4 Å². The number of hydrogen-bond acceptors (Lipinski definition) is 1. The van der Waals surface area contributed by atoms with Gasteiger partial charge in [-0.2, -0.15) is 0 Å². The summed E-state index contributed by atoms with van der Waals surface area (Å²) in [6.07, 6.45) is 12.9. The Labute approximate surface area is 323 Å². The molecule has 7 aromatic rings. The first-order valence-electron chi connectivity index (χ1n) is 20.6. The topological polar surface area (TPSA) is 3.24 Å². The molecule has 0 aliphatic heterocycles. The lowest BCUT2D eigenvalue weighted by molar-refractivity contribution is 0.401. The molecule has 0 fully saturated rings. The van der Waals surface area contributed by atoms with Crippen LogP contribution in [0, 0.1) is 6.92 Å². The summed E-state index contributed by atoms with van der Waals surface area (Å²) in [5.41, 5.74) is 15.0. The van der Waals surface area contributed by atoms with Crippen LogP contribution in [-0.2, 0) is 5.41 Å². The van der Waals surface area contributed by atoms with Crippen LogP contribution in [0.3, 0.4) is 0 Å². The summed E-state index contributed by atoms with van der Waals surface area (Å²) in [7, 11) is 2.24. The van der Waals surface area contributed by atoms with E-state index >= 15 is 0 Å². The fourth-order valence-corrected chi connectivity index (χ4v) is 9.49. The molecule has 0 atom stereocenters. The van der Waals surface area contributed by atoms with Crippen molar-refractivity contribution in [2.75, 3.05) is 11.9 Å². The van der Waals surface area contributed by atoms with Crippen LogP contribution in [0.1, 0.15) is 94.7 Å². The number of anilines is 2. The van der Waals surface area contributed by atoms with Gasteiger partial charge in [-0.3, -0.25) is 0 Å². The Morgan fingerprint density at radius 2 is 0.907 bits per heavy atom. The van der Waals surface area contributed by atoms with Crippen molar-refractivity contribution in [3.63, 3.8) is 0 Å². The van der Waals surface area contributed by atoms with Gasteiger partial charge in [-0.15, -0.1) is 0 Å². The molecule has 0 bridgehead atoms. The number of fused-ring (bicyclic) bond motifs is 5. The number of benzene rings is 7. The summed E-state index contributed by atoms with van der Waals surface area (Å²) in [6.45, 7) is 6.80. The fraction of sp³-hybridized carbons (Fsp3) is 0.283. The third-order valence-corrected chi connectivity index (χ3v) is 12.4. The van der Waals surface area contributed by atoms with E-state index in [9.17, 15) is 0 Å². The first-order valence-corrected chi connectivity index (χ1v) is 20.6. The largest absolute Gasteiger partial charge is 0.345 e. The van der Waals surface area contributed by atoms with Gasteiger partial charge < -0.3 is 4.90 Å². The highest BCUT2D eigenvalue weighted by Gasteiger charge is 2.42. The van der Waals surface area contributed by atoms with Crippen molar-refractivity contribution in [2.45, 2.75) is 90.4 Å². The summed E-state index contributed by atoms with van der Waals surface area (Å²) in [6, 6.07) is 52.8. The first kappa shape index (κ1) is 35.9. The Morgan fingerprint density at radius 3 is 1.44 bits per heavy atom. The van der Waals surface area contributed by atoms with Crippen LogP contribution < -0.4 is 4.90 Å². The van der Waals surface area contributed by atoms with E-state index in [-0.39, 0.29) is 5.41 Å². The average Bonchev–Trinajstić information content (AvgIpc) is 3.49. The SMILES string of the molecule is CCCCCCC1(CCCCCC)c2ccccc2-c2ccc(N(C)c3ccc(-c4c5ccccc5c(-c5ccc(C)cc5)c5ccccc45)cc3)cc21. The van der Waals surface area contributed by atoms with Crippen LogP contribution >= 0.6 is 0 Å². The Kier molecular flexibility index (Phi) is 10.4. The maximum absolute atomic E-state index is 2.55. The van der Waals surface area contributed by atoms with Crippen LogP contribution in [0.15, 0.2) is 140 Å². The highest BCUT2D eigenvalue weighted by Crippen LogP contribution is 2.55. The number of nitrogens with zero attached hydrogens (tertiary/aromatic N) is 1. The van der Waals surface area contributed by atoms with Crippen LogP contribution in [-0.4, -0.2) is 7.05 Å². The molecule has 0 amide bonds. The Hall–Kier alpha value is -5.14. The van der Waals surface area contributed by atoms with E-state index in [1.807, 2.05) is 0 Å². The molecule has 1 aliphatic rings. The maximum atomic E-state index is 2.55. The lowest BCUT2D eigenvalue weighted by Crippen LogP contribution is -2.26. The summed E-state index contributed by atoms with van der Waals surface area (Å²) in [5, 5.41) is 5.17. The van der Waals surface area contributed by atoms with Gasteiger partial charge in [0.15, 0.2) is 0 Å². The molecule has 0 spiro atoms. The predicted octanol–water partition coefficient (Wildman–Crippen LogP) is 15.6. The third kappa shape index (κ3) is 6.53. The zero-order chi connectivity index (χ0) is 37.1. The van der Waals surface area contributed by atoms with E-state index in [1.165, 1.54) is 136 Å². The highest BCUT2D eigenvalue weighted by molar-refractivity contribution is 6.21. The van der Waals surface area contributed by atoms with E-state index < -0.39 is 0 Å². The zero-order valence-electron chi connectivity index (χ0n) is 32.8. The molecule has 54 heavy (non-hydrogen) atoms. The van der Waals surface area contributed by atoms with Crippen molar-refractivity contribution in [1.29, 1.82) is 0 Å². The quantitative estimate of drug-likeness (QED) is 0.0804. The van der Waals surface area contributed by atoms with Gasteiger partial charge in [-0.1, -0.05) is 186 Å². The molecule has 0 heterocycles. The van der Waals surface area contributed by atoms with Gasteiger partial charge in [0.05, 0.1) is 0 Å². The first-order chi connectivity index (χ1) is 26.5. The molecular formula is C53H55N. The summed E-state index contributed by atoms with van der Waals surface area (Å²) in [4.78, 5) is 2.39. The Morgan fingerprint density at radius 1 is 0.444 bits per heavy atom. The molecule has 272 valence electrons. The molecule has 1 aliphatic carbocycles. The second-order valence-corrected chi connectivity index (χ2v) is 15.8. The van der Waals surface area contributed by atoms with Gasteiger partial charge in [0.1, 0.15) is 0 Å². The number of hydrogen-bond donors (Lipinski definition) is 0. The zero-order valence-corrected chi connectivity index (χ0v) is 32.8. The van der Waals surface area contributed by atoms with E-state index in [4.69, 9.17) is 0 Å². The van der Waals surface area contributed by atoms with Gasteiger partial charge in [0.2, 0.25) is 0 Å². The second kappa shape index (κ2) is 15.7. The second-order valence-electron chi connectivity index (χ2n) is 15.8. The van der Waals surface area contributed by atoms with Gasteiger partial charge >= 0.3 is 0 Å². The molecule has 0 N–H and O–H groups in total. The van der Waals surface area contributed by atoms with Crippen molar-refractivity contribution in [1.82, 2.24) is 0 Å². The maximum Gasteiger partial charge on any atom is 0.0411 e. The molecule has 0 saturated carbocycles. The number of rotatable bonds is 14. The Bertz CT molecular complexity index is 2310. The molecule has 0 radical (unpaired) electrons. The van der Waals surface area contributed by atoms with E-state index in [2.05, 4.69) is 172 Å². The van der Waals surface area contributed by atoms with Gasteiger partial charge in [-0.25, -0.2) is 0 Å². The minimum absolute atomic E-state index is 0.0843. The van der Waals surface area contributed by atoms with Crippen LogP contribution in [0.4, 0.5) is 11.4 Å². The minimum atomic E-state index is 0.0843. The molecule has 1 nitrogen and oxygen atoms in total. The van der Waals surface area contributed by atoms with E-state index in [0.717, 1.165) is 0 Å². The molecule has 7 aromatic carbocycles. The lowest BCUT2D eigenvalue weighted by atomic mass is 9.70. The predicted molar refractivity (Wildman–Crippen MR) is 235 cm³/mol. The van der Waals surface area contributed by atoms with Crippen LogP contribution in [0.25, 0.3) is 54.9 Å². The lowest BCUT2D eigenvalue weighted by Gasteiger charge is -2.33. The number of unbranched alkanes of at least 4 members (excludes halogenated alkanes) is 6. The molecule has 0 unspecified atom stereocenters. The third-order valence-electron chi connectivity index (χ3n) is 12.4. The fourth-order valence-electron chi connectivity index (χ4n) is 9.49. The van der Waals surface area contributed by atoms with Gasteiger partial charge in [0, 0.05) is 23.8 Å². The smallest absolute Gasteiger partial charge is 0.0411 e. The monoisotopic (exact) mass is 705 g/mol. The van der Waals surface area contributed by atoms with Crippen LogP contribution in [0.5, 0.6) is 0 Å². The van der Waals surface area contributed by atoms with Crippen LogP contribution in [0.2, 0.25) is 0 Å². The average molecular weight is 706 g/mol. The standard InChI is InChI=1S/C53H55N/c1-5-7-9-17-35-53(36-18-10-8-6-2)49-24-16-15-19-43(49)44-34-33-42(37-50(44)53)54(4)41-31-29-40(30-32-41)52-47-22-13-11-20-45(47)51(39-27-25-38(3)26-28-39)46-21-12-14-23-48(46)52/h11-16,19-34,37H,5-10,17-18,35-36H2,1-4H3. The molecule has 0 aromatic heterocycles. The normalized spacial score (nSPS) is 13.0. The summed E-state index contributed by atoms with van der Waals surface area (Å²) >= 11 is 0. The van der Waals surface area contributed by atoms with Crippen molar-refractivity contribution < 1.29 is 0 Å². The van der Waals surface area contributed by atoms with Gasteiger partial charge in [-0.05, 0) is 110 Å². The summed E-state index contributed by atoms with van der Waals surface area (Å²) < 4.78 is 0. The van der Waals surface area contributed by atoms with E-state index in [1.54, 1.807) is 11.1 Å². The molecular weight excluding hydrogens is 651 g/mol.